The molecule has 2 atom stereocenters. The number of benzene rings is 2. The Hall–Kier alpha value is -2.29. The van der Waals surface area contributed by atoms with Gasteiger partial charge in [-0.3, -0.25) is 15.1 Å². The first-order chi connectivity index (χ1) is 13.6. The van der Waals surface area contributed by atoms with E-state index in [9.17, 15) is 13.6 Å². The summed E-state index contributed by atoms with van der Waals surface area (Å²) in [6, 6.07) is 11.5. The Bertz CT molecular complexity index is 916. The summed E-state index contributed by atoms with van der Waals surface area (Å²) in [6.07, 6.45) is 0.371. The van der Waals surface area contributed by atoms with E-state index in [1.165, 1.54) is 18.2 Å². The molecule has 28 heavy (non-hydrogen) atoms. The third kappa shape index (κ3) is 3.43. The van der Waals surface area contributed by atoms with Crippen LogP contribution in [0.5, 0.6) is 0 Å². The van der Waals surface area contributed by atoms with Gasteiger partial charge in [-0.2, -0.15) is 0 Å². The highest BCUT2D eigenvalue weighted by Gasteiger charge is 2.42. The van der Waals surface area contributed by atoms with Crippen molar-refractivity contribution in [2.45, 2.75) is 25.3 Å². The molecule has 146 valence electrons. The number of nitrogens with one attached hydrogen (secondary N) is 2. The first-order valence-electron chi connectivity index (χ1n) is 9.14. The van der Waals surface area contributed by atoms with Crippen molar-refractivity contribution in [1.82, 2.24) is 10.9 Å². The number of thioether (sulfide) groups is 1. The van der Waals surface area contributed by atoms with Crippen LogP contribution in [0.4, 0.5) is 14.5 Å². The van der Waals surface area contributed by atoms with E-state index in [2.05, 4.69) is 15.8 Å². The number of nitrogens with zero attached hydrogens (tertiary/aromatic N) is 2. The third-order valence-electron chi connectivity index (χ3n) is 4.95. The van der Waals surface area contributed by atoms with Gasteiger partial charge in [-0.15, -0.1) is 0 Å². The van der Waals surface area contributed by atoms with Crippen LogP contribution in [0.2, 0.25) is 0 Å². The van der Waals surface area contributed by atoms with E-state index < -0.39 is 11.6 Å². The Labute approximate surface area is 166 Å². The number of rotatable bonds is 4. The van der Waals surface area contributed by atoms with Gasteiger partial charge in [0.1, 0.15) is 17.8 Å². The maximum atomic E-state index is 14.0. The molecule has 0 radical (unpaired) electrons. The molecule has 1 amide bonds. The van der Waals surface area contributed by atoms with Crippen LogP contribution in [0.15, 0.2) is 47.5 Å². The minimum atomic E-state index is -0.603. The summed E-state index contributed by atoms with van der Waals surface area (Å²) in [4.78, 5) is 19.5. The van der Waals surface area contributed by atoms with E-state index in [-0.39, 0.29) is 29.3 Å². The second-order valence-corrected chi connectivity index (χ2v) is 7.58. The number of fused-ring (bicyclic) bond motifs is 1. The summed E-state index contributed by atoms with van der Waals surface area (Å²) < 4.78 is 28.1. The minimum Gasteiger partial charge on any atom is -0.274 e. The topological polar surface area (TPSA) is 56.7 Å². The van der Waals surface area contributed by atoms with Gasteiger partial charge in [0.15, 0.2) is 5.17 Å². The fourth-order valence-corrected chi connectivity index (χ4v) is 4.48. The Morgan fingerprint density at radius 1 is 1.18 bits per heavy atom. The Balaban J connectivity index is 1.70. The molecular formula is C20H20F2N4OS. The number of carbonyl (C=O) groups excluding carboxylic acids is 1. The fourth-order valence-electron chi connectivity index (χ4n) is 3.43. The number of anilines is 1. The molecule has 0 saturated carbocycles. The van der Waals surface area contributed by atoms with Gasteiger partial charge in [0.2, 0.25) is 5.91 Å². The monoisotopic (exact) mass is 402 g/mol. The number of hydrazine groups is 1. The average molecular weight is 402 g/mol. The van der Waals surface area contributed by atoms with Gasteiger partial charge in [0, 0.05) is 17.9 Å². The number of carbonyl (C=O) groups is 1. The summed E-state index contributed by atoms with van der Waals surface area (Å²) >= 11 is 1.16. The van der Waals surface area contributed by atoms with E-state index in [0.717, 1.165) is 29.4 Å². The van der Waals surface area contributed by atoms with Gasteiger partial charge in [0.25, 0.3) is 0 Å². The summed E-state index contributed by atoms with van der Waals surface area (Å²) in [6.45, 7) is 2.51. The summed E-state index contributed by atoms with van der Waals surface area (Å²) in [5.41, 5.74) is 7.72. The predicted octanol–water partition coefficient (Wildman–Crippen LogP) is 3.21. The van der Waals surface area contributed by atoms with Crippen LogP contribution in [-0.4, -0.2) is 23.8 Å². The second-order valence-electron chi connectivity index (χ2n) is 6.63. The number of amidine groups is 1. The fraction of sp³-hybridized carbons (Fsp3) is 0.300. The molecule has 4 rings (SSSR count). The number of aliphatic imine (C=N–C) groups is 1. The van der Waals surface area contributed by atoms with Crippen LogP contribution in [0.3, 0.4) is 0 Å². The van der Waals surface area contributed by atoms with Crippen molar-refractivity contribution in [1.29, 1.82) is 0 Å². The predicted molar refractivity (Wildman–Crippen MR) is 107 cm³/mol. The second kappa shape index (κ2) is 7.98. The normalized spacial score (nSPS) is 21.6. The van der Waals surface area contributed by atoms with E-state index in [1.54, 1.807) is 4.90 Å². The Morgan fingerprint density at radius 3 is 2.68 bits per heavy atom. The SMILES string of the molecule is CCc1ccccc1N1C(=O)C2CNNC2N=C1SCc1c(F)cccc1F. The molecular weight excluding hydrogens is 382 g/mol. The van der Waals surface area contributed by atoms with E-state index in [4.69, 9.17) is 0 Å². The highest BCUT2D eigenvalue weighted by molar-refractivity contribution is 8.13. The molecule has 2 heterocycles. The first-order valence-corrected chi connectivity index (χ1v) is 10.1. The average Bonchev–Trinajstić information content (AvgIpc) is 3.17. The molecule has 8 heteroatoms. The highest BCUT2D eigenvalue weighted by Crippen LogP contribution is 2.33. The van der Waals surface area contributed by atoms with Crippen LogP contribution in [-0.2, 0) is 17.0 Å². The van der Waals surface area contributed by atoms with Crippen LogP contribution in [0.25, 0.3) is 0 Å². The summed E-state index contributed by atoms with van der Waals surface area (Å²) in [5.74, 6) is -1.56. The first kappa shape index (κ1) is 19.0. The molecule has 5 nitrogen and oxygen atoms in total. The molecule has 0 spiro atoms. The van der Waals surface area contributed by atoms with Crippen molar-refractivity contribution in [3.8, 4) is 0 Å². The quantitative estimate of drug-likeness (QED) is 0.825. The van der Waals surface area contributed by atoms with Gasteiger partial charge in [-0.25, -0.2) is 19.2 Å². The van der Waals surface area contributed by atoms with Crippen molar-refractivity contribution < 1.29 is 13.6 Å². The van der Waals surface area contributed by atoms with Gasteiger partial charge in [-0.05, 0) is 30.2 Å². The molecule has 2 aromatic rings. The minimum absolute atomic E-state index is 0.0222. The van der Waals surface area contributed by atoms with Gasteiger partial charge in [-0.1, -0.05) is 43.0 Å². The largest absolute Gasteiger partial charge is 0.274 e. The van der Waals surface area contributed by atoms with Crippen LogP contribution in [0.1, 0.15) is 18.1 Å². The van der Waals surface area contributed by atoms with Gasteiger partial charge < -0.3 is 0 Å². The molecule has 2 unspecified atom stereocenters. The maximum absolute atomic E-state index is 14.0. The van der Waals surface area contributed by atoms with Crippen LogP contribution >= 0.6 is 11.8 Å². The molecule has 2 N–H and O–H groups in total. The number of hydrogen-bond acceptors (Lipinski definition) is 5. The standard InChI is InChI=1S/C20H20F2N4OS/c1-2-12-6-3-4-9-17(12)26-19(27)13-10-23-25-18(13)24-20(26)28-11-14-15(21)7-5-8-16(14)22/h3-9,13,18,23,25H,2,10-11H2,1H3. The molecule has 2 aliphatic heterocycles. The van der Waals surface area contributed by atoms with Gasteiger partial charge >= 0.3 is 0 Å². The van der Waals surface area contributed by atoms with Gasteiger partial charge in [0.05, 0.1) is 11.6 Å². The maximum Gasteiger partial charge on any atom is 0.241 e. The van der Waals surface area contributed by atoms with E-state index in [0.29, 0.717) is 11.7 Å². The summed E-state index contributed by atoms with van der Waals surface area (Å²) in [7, 11) is 0. The molecule has 0 aliphatic carbocycles. The zero-order chi connectivity index (χ0) is 19.7. The molecule has 0 aromatic heterocycles. The lowest BCUT2D eigenvalue weighted by atomic mass is 10.0. The van der Waals surface area contributed by atoms with Crippen molar-refractivity contribution >= 4 is 28.5 Å². The lowest BCUT2D eigenvalue weighted by Gasteiger charge is -2.33. The molecule has 2 aliphatic rings. The Morgan fingerprint density at radius 2 is 1.93 bits per heavy atom. The number of para-hydroxylation sites is 1. The zero-order valence-corrected chi connectivity index (χ0v) is 16.1. The highest BCUT2D eigenvalue weighted by atomic mass is 32.2. The van der Waals surface area contributed by atoms with Crippen molar-refractivity contribution in [2.24, 2.45) is 10.9 Å². The van der Waals surface area contributed by atoms with Crippen LogP contribution < -0.4 is 15.8 Å². The van der Waals surface area contributed by atoms with E-state index in [1.807, 2.05) is 31.2 Å². The zero-order valence-electron chi connectivity index (χ0n) is 15.3. The van der Waals surface area contributed by atoms with Crippen LogP contribution in [0, 0.1) is 17.6 Å². The number of halogens is 2. The lowest BCUT2D eigenvalue weighted by molar-refractivity contribution is -0.121. The van der Waals surface area contributed by atoms with Crippen molar-refractivity contribution in [3.05, 3.63) is 65.2 Å². The Kier molecular flexibility index (Phi) is 5.43. The lowest BCUT2D eigenvalue weighted by Crippen LogP contribution is -2.49. The van der Waals surface area contributed by atoms with Crippen molar-refractivity contribution in [3.63, 3.8) is 0 Å². The third-order valence-corrected chi connectivity index (χ3v) is 5.93. The number of aryl methyl sites for hydroxylation is 1. The molecule has 1 fully saturated rings. The molecule has 1 saturated heterocycles. The molecule has 2 aromatic carbocycles. The van der Waals surface area contributed by atoms with Crippen molar-refractivity contribution in [2.75, 3.05) is 11.4 Å². The number of hydrogen-bond donors (Lipinski definition) is 2. The van der Waals surface area contributed by atoms with E-state index >= 15 is 0 Å². The number of amides is 1. The molecule has 0 bridgehead atoms. The smallest absolute Gasteiger partial charge is 0.241 e. The summed E-state index contributed by atoms with van der Waals surface area (Å²) in [5, 5.41) is 0.436.